The van der Waals surface area contributed by atoms with Crippen LogP contribution in [-0.4, -0.2) is 32.0 Å². The number of allylic oxidation sites excluding steroid dienone is 2. The maximum Gasteiger partial charge on any atom is 0.380 e. The predicted octanol–water partition coefficient (Wildman–Crippen LogP) is 12.7. The average Bonchev–Trinajstić information content (AvgIpc) is 3.84. The molecule has 6 aromatic rings. The summed E-state index contributed by atoms with van der Waals surface area (Å²) in [5.41, 5.74) is -1.92. The Kier molecular flexibility index (Phi) is 8.93. The van der Waals surface area contributed by atoms with Gasteiger partial charge >= 0.3 is 17.8 Å². The van der Waals surface area contributed by atoms with Crippen LogP contribution in [0.5, 0.6) is 11.5 Å². The zero-order valence-electron chi connectivity index (χ0n) is 27.7. The van der Waals surface area contributed by atoms with Gasteiger partial charge in [0.15, 0.2) is 5.69 Å². The van der Waals surface area contributed by atoms with E-state index < -0.39 is 40.0 Å². The highest BCUT2D eigenvalue weighted by molar-refractivity contribution is 7.19. The van der Waals surface area contributed by atoms with E-state index in [2.05, 4.69) is 4.85 Å². The zero-order valence-corrected chi connectivity index (χ0v) is 29.3. The van der Waals surface area contributed by atoms with Gasteiger partial charge in [-0.3, -0.25) is 0 Å². The smallest absolute Gasteiger partial charge is 0.380 e. The van der Waals surface area contributed by atoms with Gasteiger partial charge in [-0.1, -0.05) is 36.4 Å². The van der Waals surface area contributed by atoms with Crippen molar-refractivity contribution in [3.8, 4) is 59.3 Å². The van der Waals surface area contributed by atoms with E-state index in [0.717, 1.165) is 22.7 Å². The maximum absolute atomic E-state index is 16.5. The predicted molar refractivity (Wildman–Crippen MR) is 196 cm³/mol. The zero-order chi connectivity index (χ0) is 37.7. The molecule has 0 aliphatic heterocycles. The van der Waals surface area contributed by atoms with E-state index in [1.54, 1.807) is 48.5 Å². The van der Waals surface area contributed by atoms with Crippen LogP contribution >= 0.6 is 22.7 Å². The van der Waals surface area contributed by atoms with Gasteiger partial charge in [-0.2, -0.15) is 31.6 Å². The number of alkyl halides is 6. The van der Waals surface area contributed by atoms with E-state index in [1.165, 1.54) is 74.9 Å². The first-order valence-electron chi connectivity index (χ1n) is 15.8. The molecule has 1 aliphatic carbocycles. The van der Waals surface area contributed by atoms with E-state index in [0.29, 0.717) is 32.4 Å². The highest BCUT2D eigenvalue weighted by Gasteiger charge is 2.80. The van der Waals surface area contributed by atoms with Gasteiger partial charge in [0, 0.05) is 41.8 Å². The number of thiophene rings is 2. The Labute approximate surface area is 308 Å². The van der Waals surface area contributed by atoms with Gasteiger partial charge in [0.05, 0.1) is 32.4 Å². The minimum absolute atomic E-state index is 0.0366. The standard InChI is InChI=1S/C41H24F6N2O2S2/c1-49-28-14-8-27(9-15-28)38-32(21-34(53-38)25-12-18-30(51-3)19-13-25)36-35(39(42,43)41(46,47)40(36,44)45)31-20-33(24-10-16-29(50-2)17-11-24)52-37(31)26-6-4-23(22-48)5-7-26/h4-21H,2-3H3. The first-order valence-corrected chi connectivity index (χ1v) is 17.4. The van der Waals surface area contributed by atoms with Crippen LogP contribution in [0.3, 0.4) is 0 Å². The minimum Gasteiger partial charge on any atom is -0.497 e. The molecular weight excluding hydrogens is 731 g/mol. The molecule has 0 radical (unpaired) electrons. The lowest BCUT2D eigenvalue weighted by Gasteiger charge is -2.26. The molecular formula is C41H24F6N2O2S2. The second kappa shape index (κ2) is 13.3. The molecule has 0 saturated carbocycles. The van der Waals surface area contributed by atoms with Crippen molar-refractivity contribution in [3.05, 3.63) is 137 Å². The fraction of sp³-hybridized carbons (Fsp3) is 0.122. The first-order chi connectivity index (χ1) is 25.3. The van der Waals surface area contributed by atoms with Gasteiger partial charge in [0.25, 0.3) is 0 Å². The lowest BCUT2D eigenvalue weighted by atomic mass is 9.91. The fourth-order valence-electron chi connectivity index (χ4n) is 6.19. The maximum atomic E-state index is 16.5. The number of hydrogen-bond donors (Lipinski definition) is 0. The molecule has 264 valence electrons. The van der Waals surface area contributed by atoms with Crippen molar-refractivity contribution in [1.82, 2.24) is 0 Å². The molecule has 4 aromatic carbocycles. The number of ether oxygens (including phenoxy) is 2. The summed E-state index contributed by atoms with van der Waals surface area (Å²) in [4.78, 5) is 4.14. The lowest BCUT2D eigenvalue weighted by Crippen LogP contribution is -2.48. The first kappa shape index (κ1) is 35.6. The van der Waals surface area contributed by atoms with Crippen LogP contribution in [0.25, 0.3) is 57.8 Å². The molecule has 53 heavy (non-hydrogen) atoms. The van der Waals surface area contributed by atoms with E-state index in [1.807, 2.05) is 6.07 Å². The number of methoxy groups -OCH3 is 2. The number of halogens is 6. The highest BCUT2D eigenvalue weighted by atomic mass is 32.1. The third kappa shape index (κ3) is 5.85. The molecule has 0 spiro atoms. The molecule has 0 amide bonds. The highest BCUT2D eigenvalue weighted by Crippen LogP contribution is 2.67. The van der Waals surface area contributed by atoms with Gasteiger partial charge in [-0.25, -0.2) is 4.85 Å². The Morgan fingerprint density at radius 3 is 1.32 bits per heavy atom. The number of rotatable bonds is 8. The molecule has 1 aliphatic rings. The lowest BCUT2D eigenvalue weighted by molar-refractivity contribution is -0.254. The second-order valence-electron chi connectivity index (χ2n) is 12.0. The third-order valence-electron chi connectivity index (χ3n) is 8.95. The van der Waals surface area contributed by atoms with Crippen molar-refractivity contribution < 1.29 is 35.8 Å². The van der Waals surface area contributed by atoms with Gasteiger partial charge in [-0.15, -0.1) is 22.7 Å². The molecule has 2 aromatic heterocycles. The fourth-order valence-corrected chi connectivity index (χ4v) is 8.54. The molecule has 4 nitrogen and oxygen atoms in total. The summed E-state index contributed by atoms with van der Waals surface area (Å²) in [6.45, 7) is 7.33. The normalized spacial score (nSPS) is 15.5. The van der Waals surface area contributed by atoms with Crippen LogP contribution in [0.15, 0.2) is 109 Å². The summed E-state index contributed by atoms with van der Waals surface area (Å²) in [5.74, 6) is -15.5. The van der Waals surface area contributed by atoms with Gasteiger partial charge in [-0.05, 0) is 95.1 Å². The van der Waals surface area contributed by atoms with Crippen molar-refractivity contribution >= 4 is 39.5 Å². The van der Waals surface area contributed by atoms with Crippen LogP contribution in [0, 0.1) is 17.9 Å². The van der Waals surface area contributed by atoms with E-state index in [-0.39, 0.29) is 32.1 Å². The van der Waals surface area contributed by atoms with Gasteiger partial charge in [0.2, 0.25) is 0 Å². The Bertz CT molecular complexity index is 2280. The quantitative estimate of drug-likeness (QED) is 0.115. The van der Waals surface area contributed by atoms with Crippen molar-refractivity contribution in [2.75, 3.05) is 14.2 Å². The molecule has 0 atom stereocenters. The van der Waals surface area contributed by atoms with Gasteiger partial charge in [0.1, 0.15) is 11.5 Å². The summed E-state index contributed by atoms with van der Waals surface area (Å²) < 4.78 is 108. The van der Waals surface area contributed by atoms with Crippen molar-refractivity contribution in [1.29, 1.82) is 5.26 Å². The van der Waals surface area contributed by atoms with E-state index >= 15 is 26.3 Å². The molecule has 0 bridgehead atoms. The van der Waals surface area contributed by atoms with Crippen LogP contribution in [0.2, 0.25) is 0 Å². The third-order valence-corrected chi connectivity index (χ3v) is 11.4. The minimum atomic E-state index is -5.82. The molecule has 2 heterocycles. The topological polar surface area (TPSA) is 46.6 Å². The Hall–Kier alpha value is -5.82. The van der Waals surface area contributed by atoms with Crippen LogP contribution in [-0.2, 0) is 0 Å². The molecule has 0 saturated heterocycles. The average molecular weight is 755 g/mol. The monoisotopic (exact) mass is 754 g/mol. The molecule has 12 heteroatoms. The summed E-state index contributed by atoms with van der Waals surface area (Å²) in [6, 6.07) is 29.2. The number of nitrogens with zero attached hydrogens (tertiary/aromatic N) is 2. The van der Waals surface area contributed by atoms with Crippen molar-refractivity contribution in [2.24, 2.45) is 0 Å². The molecule has 0 unspecified atom stereocenters. The largest absolute Gasteiger partial charge is 0.497 e. The van der Waals surface area contributed by atoms with Crippen molar-refractivity contribution in [2.45, 2.75) is 17.8 Å². The summed E-state index contributed by atoms with van der Waals surface area (Å²) in [5, 5.41) is 9.38. The number of hydrogen-bond acceptors (Lipinski definition) is 5. The Balaban J connectivity index is 1.56. The summed E-state index contributed by atoms with van der Waals surface area (Å²) in [7, 11) is 2.94. The van der Waals surface area contributed by atoms with Crippen molar-refractivity contribution in [3.63, 3.8) is 0 Å². The second-order valence-corrected chi connectivity index (χ2v) is 14.1. The Morgan fingerprint density at radius 1 is 0.585 bits per heavy atom. The number of nitriles is 1. The van der Waals surface area contributed by atoms with E-state index in [4.69, 9.17) is 16.0 Å². The van der Waals surface area contributed by atoms with Crippen LogP contribution in [0.1, 0.15) is 16.7 Å². The van der Waals surface area contributed by atoms with Crippen LogP contribution < -0.4 is 9.47 Å². The van der Waals surface area contributed by atoms with Crippen LogP contribution in [0.4, 0.5) is 32.0 Å². The molecule has 0 N–H and O–H groups in total. The van der Waals surface area contributed by atoms with Gasteiger partial charge < -0.3 is 9.47 Å². The van der Waals surface area contributed by atoms with E-state index in [9.17, 15) is 5.26 Å². The number of benzene rings is 4. The summed E-state index contributed by atoms with van der Waals surface area (Å²) in [6.07, 6.45) is 0. The molecule has 0 fully saturated rings. The molecule has 7 rings (SSSR count). The summed E-state index contributed by atoms with van der Waals surface area (Å²) >= 11 is 1.94. The SMILES string of the molecule is [C-]#[N+]c1ccc(-c2sc(-c3ccc(OC)cc3)cc2C2=C(c3cc(-c4ccc(OC)cc4)sc3-c3ccc(C#N)cc3)C(F)(F)C(F)(F)C2(F)F)cc1. The Morgan fingerprint density at radius 2 is 0.962 bits per heavy atom.